The number of aromatic nitrogens is 2. The lowest BCUT2D eigenvalue weighted by molar-refractivity contribution is 0.588. The number of hydrogen-bond donors (Lipinski definition) is 3. The fourth-order valence-electron chi connectivity index (χ4n) is 1.62. The number of aryl methyl sites for hydroxylation is 1. The molecule has 0 atom stereocenters. The van der Waals surface area contributed by atoms with E-state index in [9.17, 15) is 8.42 Å². The highest BCUT2D eigenvalue weighted by molar-refractivity contribution is 7.89. The zero-order chi connectivity index (χ0) is 13.9. The van der Waals surface area contributed by atoms with Crippen molar-refractivity contribution in [2.45, 2.75) is 18.4 Å². The number of rotatable bonds is 5. The maximum atomic E-state index is 11.6. The molecule has 0 saturated carbocycles. The van der Waals surface area contributed by atoms with Crippen LogP contribution in [0.5, 0.6) is 0 Å². The van der Waals surface area contributed by atoms with Crippen molar-refractivity contribution in [3.8, 4) is 0 Å². The lowest BCUT2D eigenvalue weighted by Gasteiger charge is -2.07. The van der Waals surface area contributed by atoms with Crippen LogP contribution in [0, 0.1) is 6.92 Å². The summed E-state index contributed by atoms with van der Waals surface area (Å²) in [7, 11) is -1.98. The second-order valence-corrected chi connectivity index (χ2v) is 5.95. The predicted octanol–water partition coefficient (Wildman–Crippen LogP) is 1.24. The Morgan fingerprint density at radius 1 is 1.26 bits per heavy atom. The minimum atomic E-state index is -3.37. The summed E-state index contributed by atoms with van der Waals surface area (Å²) in [6, 6.07) is 6.58. The highest BCUT2D eigenvalue weighted by Crippen LogP contribution is 2.14. The molecule has 1 aromatic carbocycles. The summed E-state index contributed by atoms with van der Waals surface area (Å²) in [5, 5.41) is 3.19. The molecule has 2 rings (SSSR count). The van der Waals surface area contributed by atoms with Gasteiger partial charge in [0.1, 0.15) is 0 Å². The molecule has 7 heteroatoms. The van der Waals surface area contributed by atoms with Crippen molar-refractivity contribution in [1.29, 1.82) is 0 Å². The van der Waals surface area contributed by atoms with Crippen LogP contribution in [0.25, 0.3) is 0 Å². The van der Waals surface area contributed by atoms with Crippen LogP contribution < -0.4 is 10.0 Å². The van der Waals surface area contributed by atoms with Gasteiger partial charge in [-0.2, -0.15) is 0 Å². The van der Waals surface area contributed by atoms with Gasteiger partial charge in [-0.3, -0.25) is 0 Å². The van der Waals surface area contributed by atoms with E-state index < -0.39 is 10.0 Å². The van der Waals surface area contributed by atoms with Crippen molar-refractivity contribution in [2.24, 2.45) is 0 Å². The molecule has 0 fully saturated rings. The quantitative estimate of drug-likeness (QED) is 0.769. The fraction of sp³-hybridized carbons (Fsp3) is 0.250. The number of nitrogens with zero attached hydrogens (tertiary/aromatic N) is 1. The summed E-state index contributed by atoms with van der Waals surface area (Å²) in [4.78, 5) is 7.43. The van der Waals surface area contributed by atoms with Gasteiger partial charge < -0.3 is 10.3 Å². The van der Waals surface area contributed by atoms with Crippen molar-refractivity contribution < 1.29 is 8.42 Å². The van der Waals surface area contributed by atoms with E-state index in [0.717, 1.165) is 17.1 Å². The molecular weight excluding hydrogens is 264 g/mol. The first-order valence-corrected chi connectivity index (χ1v) is 7.27. The molecule has 2 aromatic rings. The number of H-pyrrole nitrogens is 1. The average molecular weight is 280 g/mol. The van der Waals surface area contributed by atoms with Crippen LogP contribution >= 0.6 is 0 Å². The van der Waals surface area contributed by atoms with Crippen molar-refractivity contribution >= 4 is 15.7 Å². The first-order valence-electron chi connectivity index (χ1n) is 5.79. The zero-order valence-corrected chi connectivity index (χ0v) is 11.6. The van der Waals surface area contributed by atoms with Gasteiger partial charge in [0.2, 0.25) is 10.0 Å². The summed E-state index contributed by atoms with van der Waals surface area (Å²) in [5.41, 5.74) is 2.80. The SMILES string of the molecule is CNS(=O)(=O)c1ccc(NCc2nc[nH]c2C)cc1. The van der Waals surface area contributed by atoms with E-state index >= 15 is 0 Å². The first kappa shape index (κ1) is 13.6. The molecule has 0 unspecified atom stereocenters. The van der Waals surface area contributed by atoms with Gasteiger partial charge in [-0.15, -0.1) is 0 Å². The largest absolute Gasteiger partial charge is 0.379 e. The Kier molecular flexibility index (Phi) is 3.87. The van der Waals surface area contributed by atoms with Gasteiger partial charge >= 0.3 is 0 Å². The Bertz CT molecular complexity index is 647. The zero-order valence-electron chi connectivity index (χ0n) is 10.8. The number of sulfonamides is 1. The summed E-state index contributed by atoms with van der Waals surface area (Å²) < 4.78 is 25.4. The van der Waals surface area contributed by atoms with Gasteiger partial charge in [0.05, 0.1) is 23.5 Å². The van der Waals surface area contributed by atoms with Crippen molar-refractivity contribution in [1.82, 2.24) is 14.7 Å². The van der Waals surface area contributed by atoms with Gasteiger partial charge in [-0.05, 0) is 38.2 Å². The molecule has 1 aromatic heterocycles. The van der Waals surface area contributed by atoms with E-state index in [4.69, 9.17) is 0 Å². The topological polar surface area (TPSA) is 86.9 Å². The number of imidazole rings is 1. The molecule has 0 aliphatic carbocycles. The minimum Gasteiger partial charge on any atom is -0.379 e. The molecule has 0 aliphatic rings. The van der Waals surface area contributed by atoms with Gasteiger partial charge in [-0.25, -0.2) is 18.1 Å². The third-order valence-electron chi connectivity index (χ3n) is 2.83. The monoisotopic (exact) mass is 280 g/mol. The van der Waals surface area contributed by atoms with E-state index in [1.165, 1.54) is 7.05 Å². The lowest BCUT2D eigenvalue weighted by atomic mass is 10.3. The second kappa shape index (κ2) is 5.41. The molecular formula is C12H16N4O2S. The first-order chi connectivity index (χ1) is 9.03. The smallest absolute Gasteiger partial charge is 0.240 e. The van der Waals surface area contributed by atoms with Crippen LogP contribution in [-0.2, 0) is 16.6 Å². The van der Waals surface area contributed by atoms with E-state index in [-0.39, 0.29) is 4.90 Å². The number of aromatic amines is 1. The predicted molar refractivity (Wildman–Crippen MR) is 73.3 cm³/mol. The number of benzene rings is 1. The Hall–Kier alpha value is -1.86. The number of hydrogen-bond acceptors (Lipinski definition) is 4. The summed E-state index contributed by atoms with van der Waals surface area (Å²) in [6.07, 6.45) is 1.65. The molecule has 0 spiro atoms. The lowest BCUT2D eigenvalue weighted by Crippen LogP contribution is -2.18. The minimum absolute atomic E-state index is 0.247. The van der Waals surface area contributed by atoms with Crippen molar-refractivity contribution in [3.05, 3.63) is 42.0 Å². The van der Waals surface area contributed by atoms with Crippen molar-refractivity contribution in [3.63, 3.8) is 0 Å². The van der Waals surface area contributed by atoms with E-state index in [1.807, 2.05) is 6.92 Å². The van der Waals surface area contributed by atoms with E-state index in [1.54, 1.807) is 30.6 Å². The molecule has 1 heterocycles. The van der Waals surface area contributed by atoms with Crippen molar-refractivity contribution in [2.75, 3.05) is 12.4 Å². The fourth-order valence-corrected chi connectivity index (χ4v) is 2.35. The summed E-state index contributed by atoms with van der Waals surface area (Å²) >= 11 is 0. The molecule has 19 heavy (non-hydrogen) atoms. The van der Waals surface area contributed by atoms with Crippen LogP contribution in [0.3, 0.4) is 0 Å². The maximum Gasteiger partial charge on any atom is 0.240 e. The van der Waals surface area contributed by atoms with Crippen LogP contribution in [0.15, 0.2) is 35.5 Å². The molecule has 0 aliphatic heterocycles. The third kappa shape index (κ3) is 3.12. The highest BCUT2D eigenvalue weighted by Gasteiger charge is 2.10. The number of anilines is 1. The second-order valence-electron chi connectivity index (χ2n) is 4.06. The standard InChI is InChI=1S/C12H16N4O2S/c1-9-12(16-8-15-9)7-14-10-3-5-11(6-4-10)19(17,18)13-2/h3-6,8,13-14H,7H2,1-2H3,(H,15,16). The molecule has 0 amide bonds. The molecule has 6 nitrogen and oxygen atoms in total. The number of nitrogens with one attached hydrogen (secondary N) is 3. The molecule has 3 N–H and O–H groups in total. The Morgan fingerprint density at radius 2 is 1.95 bits per heavy atom. The molecule has 0 bridgehead atoms. The Balaban J connectivity index is 2.06. The Labute approximate surface area is 112 Å². The van der Waals surface area contributed by atoms with Gasteiger partial charge in [0.15, 0.2) is 0 Å². The van der Waals surface area contributed by atoms with Gasteiger partial charge in [-0.1, -0.05) is 0 Å². The van der Waals surface area contributed by atoms with Gasteiger partial charge in [0.25, 0.3) is 0 Å². The summed E-state index contributed by atoms with van der Waals surface area (Å²) in [5.74, 6) is 0. The van der Waals surface area contributed by atoms with Crippen LogP contribution in [0.1, 0.15) is 11.4 Å². The normalized spacial score (nSPS) is 11.5. The molecule has 0 radical (unpaired) electrons. The maximum absolute atomic E-state index is 11.6. The third-order valence-corrected chi connectivity index (χ3v) is 4.26. The Morgan fingerprint density at radius 3 is 2.47 bits per heavy atom. The molecule has 102 valence electrons. The van der Waals surface area contributed by atoms with Crippen LogP contribution in [0.2, 0.25) is 0 Å². The van der Waals surface area contributed by atoms with Gasteiger partial charge in [0, 0.05) is 11.4 Å². The van der Waals surface area contributed by atoms with Crippen LogP contribution in [0.4, 0.5) is 5.69 Å². The van der Waals surface area contributed by atoms with Crippen LogP contribution in [-0.4, -0.2) is 25.4 Å². The average Bonchev–Trinajstić information content (AvgIpc) is 2.82. The molecule has 0 saturated heterocycles. The van der Waals surface area contributed by atoms with E-state index in [2.05, 4.69) is 20.0 Å². The van der Waals surface area contributed by atoms with E-state index in [0.29, 0.717) is 6.54 Å². The summed E-state index contributed by atoms with van der Waals surface area (Å²) in [6.45, 7) is 2.54. The highest BCUT2D eigenvalue weighted by atomic mass is 32.2.